The lowest BCUT2D eigenvalue weighted by molar-refractivity contribution is -0.140. The van der Waals surface area contributed by atoms with Crippen molar-refractivity contribution in [1.29, 1.82) is 0 Å². The summed E-state index contributed by atoms with van der Waals surface area (Å²) < 4.78 is 28.7. The van der Waals surface area contributed by atoms with Crippen LogP contribution < -0.4 is 9.62 Å². The minimum atomic E-state index is -4.18. The Labute approximate surface area is 238 Å². The number of hydrogen-bond donors (Lipinski definition) is 1. The number of nitrogens with one attached hydrogen (secondary N) is 1. The quantitative estimate of drug-likeness (QED) is 0.325. The van der Waals surface area contributed by atoms with E-state index in [9.17, 15) is 18.0 Å². The smallest absolute Gasteiger partial charge is 0.264 e. The van der Waals surface area contributed by atoms with Crippen molar-refractivity contribution < 1.29 is 18.0 Å². The van der Waals surface area contributed by atoms with Gasteiger partial charge in [-0.25, -0.2) is 8.42 Å². The minimum Gasteiger partial charge on any atom is -0.357 e. The lowest BCUT2D eigenvalue weighted by atomic mass is 10.1. The molecule has 1 N–H and O–H groups in total. The van der Waals surface area contributed by atoms with Gasteiger partial charge in [-0.05, 0) is 61.4 Å². The van der Waals surface area contributed by atoms with Crippen LogP contribution in [0, 0.1) is 6.92 Å². The molecule has 0 aliphatic rings. The van der Waals surface area contributed by atoms with Gasteiger partial charge in [-0.2, -0.15) is 0 Å². The first kappa shape index (κ1) is 29.8. The molecule has 0 aromatic heterocycles. The Morgan fingerprint density at radius 3 is 2.13 bits per heavy atom. The molecular formula is C27H28Cl3N3O4S. The highest BCUT2D eigenvalue weighted by Gasteiger charge is 2.34. The summed E-state index contributed by atoms with van der Waals surface area (Å²) in [4.78, 5) is 28.1. The predicted molar refractivity (Wildman–Crippen MR) is 152 cm³/mol. The molecule has 0 bridgehead atoms. The van der Waals surface area contributed by atoms with E-state index in [0.717, 1.165) is 4.31 Å². The molecule has 1 atom stereocenters. The maximum atomic E-state index is 14.0. The standard InChI is InChI=1S/C27H28Cl3N3O4S/c1-4-24(27(35)31-3)32(16-21-22(29)11-8-12-23(21)30)26(34)17-33(25-14-13-19(28)15-18(25)2)38(36,37)20-9-6-5-7-10-20/h5-15,24H,4,16-17H2,1-3H3,(H,31,35). The molecule has 3 rings (SSSR count). The zero-order chi connectivity index (χ0) is 28.0. The molecule has 3 aromatic rings. The number of rotatable bonds is 10. The number of carbonyl (C=O) groups excluding carboxylic acids is 2. The molecule has 2 amide bonds. The van der Waals surface area contributed by atoms with Crippen molar-refractivity contribution in [2.75, 3.05) is 17.9 Å². The van der Waals surface area contributed by atoms with E-state index in [2.05, 4.69) is 5.32 Å². The number of benzene rings is 3. The van der Waals surface area contributed by atoms with Crippen molar-refractivity contribution in [2.24, 2.45) is 0 Å². The fourth-order valence-corrected chi connectivity index (χ4v) is 6.31. The van der Waals surface area contributed by atoms with E-state index in [0.29, 0.717) is 26.2 Å². The van der Waals surface area contributed by atoms with Crippen molar-refractivity contribution in [1.82, 2.24) is 10.2 Å². The number of aryl methyl sites for hydroxylation is 1. The highest BCUT2D eigenvalue weighted by atomic mass is 35.5. The Balaban J connectivity index is 2.12. The first-order valence-corrected chi connectivity index (χ1v) is 14.4. The van der Waals surface area contributed by atoms with Gasteiger partial charge in [0.15, 0.2) is 0 Å². The maximum absolute atomic E-state index is 14.0. The Hall–Kier alpha value is -2.78. The van der Waals surface area contributed by atoms with Crippen molar-refractivity contribution in [3.05, 3.63) is 92.9 Å². The lowest BCUT2D eigenvalue weighted by Crippen LogP contribution is -2.52. The molecule has 0 saturated carbocycles. The summed E-state index contributed by atoms with van der Waals surface area (Å²) in [5.74, 6) is -1.01. The summed E-state index contributed by atoms with van der Waals surface area (Å²) in [6.07, 6.45) is 0.277. The van der Waals surface area contributed by atoms with Crippen LogP contribution in [0.2, 0.25) is 15.1 Å². The molecule has 0 fully saturated rings. The number of amides is 2. The highest BCUT2D eigenvalue weighted by Crippen LogP contribution is 2.31. The zero-order valence-corrected chi connectivity index (χ0v) is 24.2. The summed E-state index contributed by atoms with van der Waals surface area (Å²) in [5, 5.41) is 3.65. The van der Waals surface area contributed by atoms with Crippen LogP contribution >= 0.6 is 34.8 Å². The monoisotopic (exact) mass is 595 g/mol. The first-order valence-electron chi connectivity index (χ1n) is 11.8. The molecule has 0 radical (unpaired) electrons. The van der Waals surface area contributed by atoms with E-state index < -0.39 is 34.4 Å². The average molecular weight is 597 g/mol. The van der Waals surface area contributed by atoms with Crippen LogP contribution in [-0.4, -0.2) is 44.8 Å². The van der Waals surface area contributed by atoms with Crippen LogP contribution in [0.4, 0.5) is 5.69 Å². The van der Waals surface area contributed by atoms with Gasteiger partial charge in [0.25, 0.3) is 10.0 Å². The average Bonchev–Trinajstić information content (AvgIpc) is 2.89. The fourth-order valence-electron chi connectivity index (χ4n) is 4.07. The Kier molecular flexibility index (Phi) is 10.1. The van der Waals surface area contributed by atoms with E-state index in [1.54, 1.807) is 68.4 Å². The first-order chi connectivity index (χ1) is 18.0. The molecule has 202 valence electrons. The topological polar surface area (TPSA) is 86.8 Å². The molecule has 11 heteroatoms. The van der Waals surface area contributed by atoms with Crippen LogP contribution in [0.5, 0.6) is 0 Å². The summed E-state index contributed by atoms with van der Waals surface area (Å²) in [5.41, 5.74) is 1.30. The van der Waals surface area contributed by atoms with Gasteiger partial charge in [0.2, 0.25) is 11.8 Å². The molecule has 7 nitrogen and oxygen atoms in total. The Bertz CT molecular complexity index is 1400. The van der Waals surface area contributed by atoms with E-state index in [1.807, 2.05) is 0 Å². The van der Waals surface area contributed by atoms with Gasteiger partial charge >= 0.3 is 0 Å². The third-order valence-corrected chi connectivity index (χ3v) is 8.78. The number of halogens is 3. The minimum absolute atomic E-state index is 0.0150. The van der Waals surface area contributed by atoms with Gasteiger partial charge in [-0.15, -0.1) is 0 Å². The van der Waals surface area contributed by atoms with Crippen LogP contribution in [0.25, 0.3) is 0 Å². The van der Waals surface area contributed by atoms with Crippen molar-refractivity contribution >= 4 is 62.3 Å². The third-order valence-electron chi connectivity index (χ3n) is 6.06. The van der Waals surface area contributed by atoms with Crippen LogP contribution in [0.3, 0.4) is 0 Å². The summed E-state index contributed by atoms with van der Waals surface area (Å²) in [6, 6.07) is 16.6. The second-order valence-electron chi connectivity index (χ2n) is 8.52. The van der Waals surface area contributed by atoms with E-state index in [-0.39, 0.29) is 23.5 Å². The second-order valence-corrected chi connectivity index (χ2v) is 11.6. The Morgan fingerprint density at radius 1 is 0.947 bits per heavy atom. The molecule has 1 unspecified atom stereocenters. The fraction of sp³-hybridized carbons (Fsp3) is 0.259. The highest BCUT2D eigenvalue weighted by molar-refractivity contribution is 7.92. The SMILES string of the molecule is CCC(C(=O)NC)N(Cc1c(Cl)cccc1Cl)C(=O)CN(c1ccc(Cl)cc1C)S(=O)(=O)c1ccccc1. The van der Waals surface area contributed by atoms with Crippen LogP contribution in [-0.2, 0) is 26.2 Å². The molecule has 0 heterocycles. The molecule has 3 aromatic carbocycles. The number of hydrogen-bond acceptors (Lipinski definition) is 4. The van der Waals surface area contributed by atoms with Crippen molar-refractivity contribution in [2.45, 2.75) is 37.8 Å². The largest absolute Gasteiger partial charge is 0.357 e. The van der Waals surface area contributed by atoms with Crippen LogP contribution in [0.1, 0.15) is 24.5 Å². The lowest BCUT2D eigenvalue weighted by Gasteiger charge is -2.33. The molecular weight excluding hydrogens is 569 g/mol. The van der Waals surface area contributed by atoms with Crippen LogP contribution in [0.15, 0.2) is 71.6 Å². The predicted octanol–water partition coefficient (Wildman–Crippen LogP) is 5.70. The Morgan fingerprint density at radius 2 is 1.58 bits per heavy atom. The van der Waals surface area contributed by atoms with E-state index in [4.69, 9.17) is 34.8 Å². The number of sulfonamides is 1. The molecule has 0 aliphatic carbocycles. The maximum Gasteiger partial charge on any atom is 0.264 e. The van der Waals surface area contributed by atoms with Crippen molar-refractivity contribution in [3.63, 3.8) is 0 Å². The zero-order valence-electron chi connectivity index (χ0n) is 21.1. The summed E-state index contributed by atoms with van der Waals surface area (Å²) >= 11 is 18.9. The number of carbonyl (C=O) groups is 2. The van der Waals surface area contributed by atoms with Crippen molar-refractivity contribution in [3.8, 4) is 0 Å². The second kappa shape index (κ2) is 12.8. The van der Waals surface area contributed by atoms with Gasteiger partial charge in [0.1, 0.15) is 12.6 Å². The van der Waals surface area contributed by atoms with Gasteiger partial charge < -0.3 is 10.2 Å². The van der Waals surface area contributed by atoms with Gasteiger partial charge in [0.05, 0.1) is 10.6 Å². The number of anilines is 1. The van der Waals surface area contributed by atoms with E-state index in [1.165, 1.54) is 24.1 Å². The molecule has 0 aliphatic heterocycles. The number of likely N-dealkylation sites (N-methyl/N-ethyl adjacent to an activating group) is 1. The molecule has 0 saturated heterocycles. The van der Waals surface area contributed by atoms with Gasteiger partial charge in [0, 0.05) is 34.2 Å². The molecule has 0 spiro atoms. The summed E-state index contributed by atoms with van der Waals surface area (Å²) in [6.45, 7) is 2.80. The van der Waals surface area contributed by atoms with Gasteiger partial charge in [-0.3, -0.25) is 13.9 Å². The van der Waals surface area contributed by atoms with E-state index >= 15 is 0 Å². The third kappa shape index (κ3) is 6.61. The van der Waals surface area contributed by atoms with Gasteiger partial charge in [-0.1, -0.05) is 66.0 Å². The number of nitrogens with zero attached hydrogens (tertiary/aromatic N) is 2. The normalized spacial score (nSPS) is 12.1. The molecule has 38 heavy (non-hydrogen) atoms. The summed E-state index contributed by atoms with van der Waals surface area (Å²) in [7, 11) is -2.70.